The first-order valence-corrected chi connectivity index (χ1v) is 9.46. The van der Waals surface area contributed by atoms with E-state index in [9.17, 15) is 0 Å². The highest BCUT2D eigenvalue weighted by atomic mass is 32.1. The van der Waals surface area contributed by atoms with Gasteiger partial charge in [-0.3, -0.25) is 0 Å². The first kappa shape index (κ1) is 16.9. The van der Waals surface area contributed by atoms with Crippen molar-refractivity contribution in [2.24, 2.45) is 0 Å². The first-order chi connectivity index (χ1) is 12.8. The van der Waals surface area contributed by atoms with Gasteiger partial charge in [0.15, 0.2) is 11.5 Å². The number of hydrogen-bond acceptors (Lipinski definition) is 6. The Morgan fingerprint density at radius 2 is 2.04 bits per heavy atom. The van der Waals surface area contributed by atoms with Crippen LogP contribution in [0.5, 0.6) is 17.2 Å². The number of nitrogens with zero attached hydrogens (tertiary/aromatic N) is 1. The zero-order valence-electron chi connectivity index (χ0n) is 14.5. The molecule has 0 unspecified atom stereocenters. The lowest BCUT2D eigenvalue weighted by molar-refractivity contribution is 0.174. The summed E-state index contributed by atoms with van der Waals surface area (Å²) >= 11 is 1.64. The van der Waals surface area contributed by atoms with Crippen molar-refractivity contribution in [3.05, 3.63) is 59.1 Å². The van der Waals surface area contributed by atoms with Gasteiger partial charge >= 0.3 is 0 Å². The average Bonchev–Trinajstić information content (AvgIpc) is 3.31. The molecule has 134 valence electrons. The van der Waals surface area contributed by atoms with E-state index in [0.29, 0.717) is 6.61 Å². The van der Waals surface area contributed by atoms with Crippen LogP contribution in [0, 0.1) is 0 Å². The zero-order chi connectivity index (χ0) is 17.8. The van der Waals surface area contributed by atoms with Crippen molar-refractivity contribution in [3.63, 3.8) is 0 Å². The van der Waals surface area contributed by atoms with E-state index in [-0.39, 0.29) is 6.79 Å². The average molecular weight is 368 g/mol. The van der Waals surface area contributed by atoms with Crippen LogP contribution in [-0.2, 0) is 13.1 Å². The van der Waals surface area contributed by atoms with E-state index in [2.05, 4.69) is 22.8 Å². The summed E-state index contributed by atoms with van der Waals surface area (Å²) in [5, 5.41) is 6.51. The molecule has 6 heteroatoms. The quantitative estimate of drug-likeness (QED) is 0.676. The molecule has 1 N–H and O–H groups in total. The van der Waals surface area contributed by atoms with Crippen LogP contribution in [0.1, 0.15) is 18.2 Å². The van der Waals surface area contributed by atoms with Crippen LogP contribution in [0.4, 0.5) is 0 Å². The van der Waals surface area contributed by atoms with Crippen molar-refractivity contribution in [1.82, 2.24) is 10.3 Å². The van der Waals surface area contributed by atoms with E-state index in [0.717, 1.165) is 46.6 Å². The van der Waals surface area contributed by atoms with Crippen LogP contribution < -0.4 is 19.5 Å². The number of thiazole rings is 1. The molecule has 0 bridgehead atoms. The van der Waals surface area contributed by atoms with Gasteiger partial charge in [0, 0.05) is 24.0 Å². The van der Waals surface area contributed by atoms with E-state index < -0.39 is 0 Å². The molecule has 5 nitrogen and oxygen atoms in total. The third kappa shape index (κ3) is 3.81. The molecular weight excluding hydrogens is 348 g/mol. The van der Waals surface area contributed by atoms with Crippen molar-refractivity contribution >= 4 is 11.3 Å². The van der Waals surface area contributed by atoms with Gasteiger partial charge in [-0.2, -0.15) is 0 Å². The number of nitrogens with one attached hydrogen (secondary N) is 1. The minimum Gasteiger partial charge on any atom is -0.494 e. The van der Waals surface area contributed by atoms with Gasteiger partial charge in [0.25, 0.3) is 0 Å². The van der Waals surface area contributed by atoms with Crippen LogP contribution in [0.3, 0.4) is 0 Å². The summed E-state index contributed by atoms with van der Waals surface area (Å²) in [7, 11) is 0. The Bertz CT molecular complexity index is 894. The second-order valence-electron chi connectivity index (χ2n) is 5.90. The number of rotatable bonds is 7. The lowest BCUT2D eigenvalue weighted by Gasteiger charge is -2.06. The fourth-order valence-corrected chi connectivity index (χ4v) is 3.61. The van der Waals surface area contributed by atoms with E-state index in [1.165, 1.54) is 5.56 Å². The molecule has 4 rings (SSSR count). The molecule has 0 fully saturated rings. The first-order valence-electron chi connectivity index (χ1n) is 8.58. The van der Waals surface area contributed by atoms with Gasteiger partial charge in [-0.15, -0.1) is 11.3 Å². The lowest BCUT2D eigenvalue weighted by atomic mass is 10.2. The SMILES string of the molecule is CCOc1cccc(CNCc2csc(-c3ccc4c(c3)OCO4)n2)c1. The second-order valence-corrected chi connectivity index (χ2v) is 6.75. The highest BCUT2D eigenvalue weighted by Gasteiger charge is 2.15. The maximum atomic E-state index is 5.54. The number of hydrogen-bond donors (Lipinski definition) is 1. The molecule has 1 aromatic heterocycles. The normalized spacial score (nSPS) is 12.3. The van der Waals surface area contributed by atoms with E-state index >= 15 is 0 Å². The summed E-state index contributed by atoms with van der Waals surface area (Å²) in [6, 6.07) is 14.1. The highest BCUT2D eigenvalue weighted by Crippen LogP contribution is 2.36. The molecule has 3 aromatic rings. The summed E-state index contributed by atoms with van der Waals surface area (Å²) < 4.78 is 16.3. The maximum absolute atomic E-state index is 5.54. The fraction of sp³-hybridized carbons (Fsp3) is 0.250. The summed E-state index contributed by atoms with van der Waals surface area (Å²) in [6.07, 6.45) is 0. The van der Waals surface area contributed by atoms with Gasteiger partial charge in [-0.05, 0) is 42.8 Å². The van der Waals surface area contributed by atoms with Gasteiger partial charge in [0.1, 0.15) is 10.8 Å². The molecule has 2 heterocycles. The van der Waals surface area contributed by atoms with Gasteiger partial charge < -0.3 is 19.5 Å². The van der Waals surface area contributed by atoms with Crippen molar-refractivity contribution < 1.29 is 14.2 Å². The van der Waals surface area contributed by atoms with Gasteiger partial charge in [-0.25, -0.2) is 4.98 Å². The smallest absolute Gasteiger partial charge is 0.231 e. The molecule has 0 radical (unpaired) electrons. The van der Waals surface area contributed by atoms with Gasteiger partial charge in [0.05, 0.1) is 12.3 Å². The molecule has 1 aliphatic heterocycles. The molecule has 1 aliphatic rings. The molecule has 26 heavy (non-hydrogen) atoms. The fourth-order valence-electron chi connectivity index (χ4n) is 2.80. The van der Waals surface area contributed by atoms with Crippen molar-refractivity contribution in [1.29, 1.82) is 0 Å². The minimum absolute atomic E-state index is 0.288. The predicted molar refractivity (Wildman–Crippen MR) is 102 cm³/mol. The topological polar surface area (TPSA) is 52.6 Å². The largest absolute Gasteiger partial charge is 0.494 e. The second kappa shape index (κ2) is 7.76. The predicted octanol–water partition coefficient (Wildman–Crippen LogP) is 4.23. The van der Waals surface area contributed by atoms with Crippen molar-refractivity contribution in [2.45, 2.75) is 20.0 Å². The molecule has 0 spiro atoms. The Hall–Kier alpha value is -2.57. The van der Waals surface area contributed by atoms with Crippen molar-refractivity contribution in [2.75, 3.05) is 13.4 Å². The Balaban J connectivity index is 1.36. The van der Waals surface area contributed by atoms with Crippen LogP contribution in [0.15, 0.2) is 47.8 Å². The Kier molecular flexibility index (Phi) is 5.04. The maximum Gasteiger partial charge on any atom is 0.231 e. The third-order valence-electron chi connectivity index (χ3n) is 4.02. The van der Waals surface area contributed by atoms with Crippen LogP contribution in [0.2, 0.25) is 0 Å². The lowest BCUT2D eigenvalue weighted by Crippen LogP contribution is -2.13. The zero-order valence-corrected chi connectivity index (χ0v) is 15.3. The molecule has 2 aromatic carbocycles. The molecular formula is C20H20N2O3S. The Labute approximate surface area is 156 Å². The van der Waals surface area contributed by atoms with E-state index in [1.807, 2.05) is 37.3 Å². The standard InChI is InChI=1S/C20H20N2O3S/c1-2-23-17-5-3-4-14(8-17)10-21-11-16-12-26-20(22-16)15-6-7-18-19(9-15)25-13-24-18/h3-9,12,21H,2,10-11,13H2,1H3. The summed E-state index contributed by atoms with van der Waals surface area (Å²) in [5.41, 5.74) is 3.28. The third-order valence-corrected chi connectivity index (χ3v) is 4.96. The number of benzene rings is 2. The summed E-state index contributed by atoms with van der Waals surface area (Å²) in [4.78, 5) is 4.72. The molecule has 0 aliphatic carbocycles. The minimum atomic E-state index is 0.288. The molecule has 0 amide bonds. The monoisotopic (exact) mass is 368 g/mol. The Morgan fingerprint density at radius 3 is 2.96 bits per heavy atom. The highest BCUT2D eigenvalue weighted by molar-refractivity contribution is 7.13. The van der Waals surface area contributed by atoms with Crippen LogP contribution in [-0.4, -0.2) is 18.4 Å². The number of aromatic nitrogens is 1. The van der Waals surface area contributed by atoms with Crippen LogP contribution >= 0.6 is 11.3 Å². The molecule has 0 atom stereocenters. The van der Waals surface area contributed by atoms with Crippen LogP contribution in [0.25, 0.3) is 10.6 Å². The van der Waals surface area contributed by atoms with Crippen molar-refractivity contribution in [3.8, 4) is 27.8 Å². The summed E-state index contributed by atoms with van der Waals surface area (Å²) in [5.74, 6) is 2.48. The van der Waals surface area contributed by atoms with Gasteiger partial charge in [-0.1, -0.05) is 12.1 Å². The van der Waals surface area contributed by atoms with E-state index in [1.54, 1.807) is 11.3 Å². The Morgan fingerprint density at radius 1 is 1.12 bits per heavy atom. The molecule has 0 saturated carbocycles. The number of ether oxygens (including phenoxy) is 3. The number of fused-ring (bicyclic) bond motifs is 1. The van der Waals surface area contributed by atoms with E-state index in [4.69, 9.17) is 19.2 Å². The van der Waals surface area contributed by atoms with Gasteiger partial charge in [0.2, 0.25) is 6.79 Å². The molecule has 0 saturated heterocycles. The summed E-state index contributed by atoms with van der Waals surface area (Å²) in [6.45, 7) is 4.46.